The molecule has 1 fully saturated rings. The molecule has 1 unspecified atom stereocenters. The van der Waals surface area contributed by atoms with E-state index in [2.05, 4.69) is 15.5 Å². The molecule has 1 aliphatic rings. The van der Waals surface area contributed by atoms with Gasteiger partial charge in [-0.1, -0.05) is 0 Å². The number of nitrogens with zero attached hydrogens (tertiary/aromatic N) is 3. The summed E-state index contributed by atoms with van der Waals surface area (Å²) in [5.41, 5.74) is 0.577. The third-order valence-electron chi connectivity index (χ3n) is 4.19. The molecule has 0 aliphatic carbocycles. The second-order valence-electron chi connectivity index (χ2n) is 5.88. The monoisotopic (exact) mass is 374 g/mol. The van der Waals surface area contributed by atoms with Crippen molar-refractivity contribution in [2.24, 2.45) is 0 Å². The van der Waals surface area contributed by atoms with Crippen LogP contribution in [0.25, 0.3) is 0 Å². The summed E-state index contributed by atoms with van der Waals surface area (Å²) in [5, 5.41) is 10.7. The number of amides is 2. The molecule has 0 bridgehead atoms. The molecule has 0 radical (unpaired) electrons. The number of hydrogen-bond donors (Lipinski definition) is 1. The Morgan fingerprint density at radius 2 is 1.85 bits per heavy atom. The Balaban J connectivity index is 1.57. The number of carbonyl (C=O) groups is 1. The van der Waals surface area contributed by atoms with E-state index in [-0.39, 0.29) is 12.1 Å². The molecule has 27 heavy (non-hydrogen) atoms. The molecule has 2 heterocycles. The minimum atomic E-state index is -0.217. The van der Waals surface area contributed by atoms with E-state index in [1.807, 2.05) is 0 Å². The minimum absolute atomic E-state index is 0.142. The maximum absolute atomic E-state index is 12.5. The van der Waals surface area contributed by atoms with Gasteiger partial charge in [0.05, 0.1) is 33.6 Å². The number of urea groups is 1. The molecular formula is C18H22N4O5. The van der Waals surface area contributed by atoms with Gasteiger partial charge in [-0.05, 0) is 12.1 Å². The van der Waals surface area contributed by atoms with Gasteiger partial charge >= 0.3 is 6.03 Å². The van der Waals surface area contributed by atoms with Crippen molar-refractivity contribution in [2.75, 3.05) is 39.7 Å². The lowest BCUT2D eigenvalue weighted by Crippen LogP contribution is -2.34. The van der Waals surface area contributed by atoms with Crippen molar-refractivity contribution in [2.45, 2.75) is 12.5 Å². The zero-order valence-electron chi connectivity index (χ0n) is 15.5. The van der Waals surface area contributed by atoms with Gasteiger partial charge in [-0.2, -0.15) is 0 Å². The lowest BCUT2D eigenvalue weighted by atomic mass is 10.2. The zero-order chi connectivity index (χ0) is 19.2. The van der Waals surface area contributed by atoms with Crippen molar-refractivity contribution < 1.29 is 23.7 Å². The minimum Gasteiger partial charge on any atom is -0.497 e. The molecule has 1 aromatic heterocycles. The van der Waals surface area contributed by atoms with Gasteiger partial charge in [-0.25, -0.2) is 4.79 Å². The predicted octanol–water partition coefficient (Wildman–Crippen LogP) is 2.19. The number of aromatic nitrogens is 2. The maximum Gasteiger partial charge on any atom is 0.322 e. The zero-order valence-corrected chi connectivity index (χ0v) is 15.5. The lowest BCUT2D eigenvalue weighted by molar-refractivity contribution is 0.188. The topological polar surface area (TPSA) is 95.0 Å². The van der Waals surface area contributed by atoms with E-state index in [0.29, 0.717) is 48.5 Å². The molecule has 3 rings (SSSR count). The highest BCUT2D eigenvalue weighted by atomic mass is 16.5. The third-order valence-corrected chi connectivity index (χ3v) is 4.19. The molecule has 1 aliphatic heterocycles. The Kier molecular flexibility index (Phi) is 5.80. The fraction of sp³-hybridized carbons (Fsp3) is 0.389. The second kappa shape index (κ2) is 8.43. The van der Waals surface area contributed by atoms with Crippen molar-refractivity contribution in [3.05, 3.63) is 30.3 Å². The predicted molar refractivity (Wildman–Crippen MR) is 97.8 cm³/mol. The van der Waals surface area contributed by atoms with Gasteiger partial charge in [0.15, 0.2) is 0 Å². The number of likely N-dealkylation sites (tertiary alicyclic amines) is 1. The van der Waals surface area contributed by atoms with Crippen LogP contribution in [-0.4, -0.2) is 61.7 Å². The molecule has 1 atom stereocenters. The highest BCUT2D eigenvalue weighted by Crippen LogP contribution is 2.29. The first-order valence-corrected chi connectivity index (χ1v) is 8.45. The number of nitrogens with one attached hydrogen (secondary N) is 1. The molecule has 2 amide bonds. The molecule has 9 heteroatoms. The van der Waals surface area contributed by atoms with Gasteiger partial charge in [0.1, 0.15) is 17.6 Å². The second-order valence-corrected chi connectivity index (χ2v) is 5.88. The van der Waals surface area contributed by atoms with Gasteiger partial charge in [-0.15, -0.1) is 10.2 Å². The summed E-state index contributed by atoms with van der Waals surface area (Å²) in [6.07, 6.45) is 0.567. The van der Waals surface area contributed by atoms with Crippen LogP contribution in [0.1, 0.15) is 6.42 Å². The Labute approximate surface area is 157 Å². The van der Waals surface area contributed by atoms with Crippen LogP contribution in [0.15, 0.2) is 30.3 Å². The summed E-state index contributed by atoms with van der Waals surface area (Å²) in [6, 6.07) is 8.37. The number of carbonyl (C=O) groups excluding carboxylic acids is 1. The smallest absolute Gasteiger partial charge is 0.322 e. The van der Waals surface area contributed by atoms with Crippen molar-refractivity contribution >= 4 is 11.7 Å². The van der Waals surface area contributed by atoms with Crippen LogP contribution in [-0.2, 0) is 0 Å². The Morgan fingerprint density at radius 1 is 1.07 bits per heavy atom. The SMILES string of the molecule is COc1ccc(NC(=O)N2CCC(Oc3ccc(OC)nn3)C2)c(OC)c1. The van der Waals surface area contributed by atoms with Crippen LogP contribution in [0.5, 0.6) is 23.3 Å². The number of hydrogen-bond acceptors (Lipinski definition) is 7. The van der Waals surface area contributed by atoms with Gasteiger partial charge in [0.2, 0.25) is 11.8 Å². The van der Waals surface area contributed by atoms with E-state index in [1.54, 1.807) is 49.5 Å². The first kappa shape index (κ1) is 18.6. The molecule has 0 spiro atoms. The lowest BCUT2D eigenvalue weighted by Gasteiger charge is -2.19. The van der Waals surface area contributed by atoms with E-state index in [1.165, 1.54) is 7.11 Å². The molecule has 9 nitrogen and oxygen atoms in total. The summed E-state index contributed by atoms with van der Waals surface area (Å²) in [5.74, 6) is 2.01. The fourth-order valence-electron chi connectivity index (χ4n) is 2.76. The fourth-order valence-corrected chi connectivity index (χ4v) is 2.76. The standard InChI is InChI=1S/C18H22N4O5/c1-24-12-4-5-14(15(10-12)25-2)19-18(23)22-9-8-13(11-22)27-17-7-6-16(26-3)20-21-17/h4-7,10,13H,8-9,11H2,1-3H3,(H,19,23). The first-order valence-electron chi connectivity index (χ1n) is 8.45. The largest absolute Gasteiger partial charge is 0.497 e. The summed E-state index contributed by atoms with van der Waals surface area (Å²) >= 11 is 0. The summed E-state index contributed by atoms with van der Waals surface area (Å²) in [4.78, 5) is 14.2. The van der Waals surface area contributed by atoms with Crippen LogP contribution >= 0.6 is 0 Å². The molecule has 1 saturated heterocycles. The van der Waals surface area contributed by atoms with E-state index in [9.17, 15) is 4.79 Å². The average Bonchev–Trinajstić information content (AvgIpc) is 3.17. The van der Waals surface area contributed by atoms with E-state index >= 15 is 0 Å². The van der Waals surface area contributed by atoms with Crippen LogP contribution in [0.3, 0.4) is 0 Å². The van der Waals surface area contributed by atoms with Gasteiger partial charge in [0.25, 0.3) is 0 Å². The van der Waals surface area contributed by atoms with Gasteiger partial charge in [0, 0.05) is 31.2 Å². The van der Waals surface area contributed by atoms with E-state index in [0.717, 1.165) is 0 Å². The summed E-state index contributed by atoms with van der Waals surface area (Å²) in [7, 11) is 4.64. The van der Waals surface area contributed by atoms with E-state index < -0.39 is 0 Å². The first-order chi connectivity index (χ1) is 13.1. The molecule has 1 N–H and O–H groups in total. The number of rotatable bonds is 6. The quantitative estimate of drug-likeness (QED) is 0.828. The van der Waals surface area contributed by atoms with Crippen LogP contribution in [0.2, 0.25) is 0 Å². The number of anilines is 1. The molecule has 144 valence electrons. The molecular weight excluding hydrogens is 352 g/mol. The van der Waals surface area contributed by atoms with Gasteiger partial charge < -0.3 is 29.2 Å². The Hall–Kier alpha value is -3.23. The number of methoxy groups -OCH3 is 3. The van der Waals surface area contributed by atoms with Crippen molar-refractivity contribution in [3.8, 4) is 23.3 Å². The Bertz CT molecular complexity index is 784. The summed E-state index contributed by atoms with van der Waals surface area (Å²) in [6.45, 7) is 1.04. The van der Waals surface area contributed by atoms with Crippen molar-refractivity contribution in [3.63, 3.8) is 0 Å². The normalized spacial score (nSPS) is 16.0. The number of ether oxygens (including phenoxy) is 4. The Morgan fingerprint density at radius 3 is 2.52 bits per heavy atom. The molecule has 2 aromatic rings. The van der Waals surface area contributed by atoms with Gasteiger partial charge in [-0.3, -0.25) is 0 Å². The number of benzene rings is 1. The van der Waals surface area contributed by atoms with Crippen molar-refractivity contribution in [1.29, 1.82) is 0 Å². The molecule has 0 saturated carbocycles. The molecule has 1 aromatic carbocycles. The summed E-state index contributed by atoms with van der Waals surface area (Å²) < 4.78 is 21.2. The maximum atomic E-state index is 12.5. The average molecular weight is 374 g/mol. The highest BCUT2D eigenvalue weighted by Gasteiger charge is 2.28. The highest BCUT2D eigenvalue weighted by molar-refractivity contribution is 5.91. The van der Waals surface area contributed by atoms with Crippen LogP contribution in [0, 0.1) is 0 Å². The van der Waals surface area contributed by atoms with Crippen molar-refractivity contribution in [1.82, 2.24) is 15.1 Å². The van der Waals surface area contributed by atoms with E-state index in [4.69, 9.17) is 18.9 Å². The third kappa shape index (κ3) is 4.49. The van der Waals surface area contributed by atoms with Crippen LogP contribution in [0.4, 0.5) is 10.5 Å². The van der Waals surface area contributed by atoms with Crippen LogP contribution < -0.4 is 24.3 Å².